The minimum absolute atomic E-state index is 0.0609. The molecule has 0 spiro atoms. The third kappa shape index (κ3) is 3.05. The van der Waals surface area contributed by atoms with Gasteiger partial charge in [-0.1, -0.05) is 23.2 Å². The van der Waals surface area contributed by atoms with Gasteiger partial charge in [-0.2, -0.15) is 5.10 Å². The number of nitrogen functional groups attached to an aromatic ring is 1. The molecule has 0 saturated carbocycles. The van der Waals surface area contributed by atoms with Gasteiger partial charge in [-0.15, -0.1) is 0 Å². The van der Waals surface area contributed by atoms with E-state index in [0.717, 1.165) is 5.69 Å². The van der Waals surface area contributed by atoms with Crippen molar-refractivity contribution < 1.29 is 4.79 Å². The first-order chi connectivity index (χ1) is 9.38. The normalized spacial score (nSPS) is 10.6. The summed E-state index contributed by atoms with van der Waals surface area (Å²) in [6, 6.07) is 4.90. The van der Waals surface area contributed by atoms with Gasteiger partial charge in [-0.05, 0) is 32.0 Å². The highest BCUT2D eigenvalue weighted by Crippen LogP contribution is 2.23. The smallest absolute Gasteiger partial charge is 0.246 e. The minimum Gasteiger partial charge on any atom is -0.397 e. The Balaban J connectivity index is 2.13. The summed E-state index contributed by atoms with van der Waals surface area (Å²) in [5.41, 5.74) is 8.15. The van der Waals surface area contributed by atoms with Crippen LogP contribution in [-0.2, 0) is 11.3 Å². The molecule has 2 rings (SSSR count). The SMILES string of the molecule is Cc1nn(CC(=O)Nc2cc(Cl)ccc2N)c(C)c1Cl. The summed E-state index contributed by atoms with van der Waals surface area (Å²) in [7, 11) is 0. The monoisotopic (exact) mass is 312 g/mol. The van der Waals surface area contributed by atoms with E-state index in [0.29, 0.717) is 27.1 Å². The number of hydrogen-bond acceptors (Lipinski definition) is 3. The lowest BCUT2D eigenvalue weighted by molar-refractivity contribution is -0.116. The molecule has 5 nitrogen and oxygen atoms in total. The fourth-order valence-electron chi connectivity index (χ4n) is 1.79. The zero-order valence-corrected chi connectivity index (χ0v) is 12.6. The summed E-state index contributed by atoms with van der Waals surface area (Å²) in [6.07, 6.45) is 0. The van der Waals surface area contributed by atoms with Gasteiger partial charge in [0.15, 0.2) is 0 Å². The Bertz CT molecular complexity index is 667. The molecule has 106 valence electrons. The number of nitrogens with two attached hydrogens (primary N) is 1. The van der Waals surface area contributed by atoms with E-state index < -0.39 is 0 Å². The van der Waals surface area contributed by atoms with Gasteiger partial charge in [0.1, 0.15) is 6.54 Å². The lowest BCUT2D eigenvalue weighted by atomic mass is 10.2. The van der Waals surface area contributed by atoms with Crippen LogP contribution >= 0.6 is 23.2 Å². The van der Waals surface area contributed by atoms with Crippen molar-refractivity contribution in [2.24, 2.45) is 0 Å². The molecule has 20 heavy (non-hydrogen) atoms. The van der Waals surface area contributed by atoms with Crippen LogP contribution in [0.4, 0.5) is 11.4 Å². The van der Waals surface area contributed by atoms with Gasteiger partial charge in [0.2, 0.25) is 5.91 Å². The maximum Gasteiger partial charge on any atom is 0.246 e. The van der Waals surface area contributed by atoms with Crippen LogP contribution in [0, 0.1) is 13.8 Å². The molecule has 0 fully saturated rings. The van der Waals surface area contributed by atoms with E-state index in [-0.39, 0.29) is 12.5 Å². The molecular weight excluding hydrogens is 299 g/mol. The summed E-state index contributed by atoms with van der Waals surface area (Å²) in [5.74, 6) is -0.249. The van der Waals surface area contributed by atoms with Crippen LogP contribution in [0.25, 0.3) is 0 Å². The predicted octanol–water partition coefficient (Wildman–Crippen LogP) is 3.03. The van der Waals surface area contributed by atoms with Crippen LogP contribution in [0.5, 0.6) is 0 Å². The molecule has 0 saturated heterocycles. The van der Waals surface area contributed by atoms with Gasteiger partial charge in [0.05, 0.1) is 27.8 Å². The Morgan fingerprint density at radius 3 is 2.70 bits per heavy atom. The second-order valence-corrected chi connectivity index (χ2v) is 5.24. The number of rotatable bonds is 3. The third-order valence-corrected chi connectivity index (χ3v) is 3.66. The van der Waals surface area contributed by atoms with Crippen molar-refractivity contribution >= 4 is 40.5 Å². The topological polar surface area (TPSA) is 72.9 Å². The summed E-state index contributed by atoms with van der Waals surface area (Å²) < 4.78 is 1.55. The van der Waals surface area contributed by atoms with E-state index in [4.69, 9.17) is 28.9 Å². The molecule has 0 atom stereocenters. The lowest BCUT2D eigenvalue weighted by Gasteiger charge is -2.09. The highest BCUT2D eigenvalue weighted by molar-refractivity contribution is 6.32. The number of aryl methyl sites for hydroxylation is 1. The predicted molar refractivity (Wildman–Crippen MR) is 81.2 cm³/mol. The molecule has 1 heterocycles. The van der Waals surface area contributed by atoms with Crippen molar-refractivity contribution in [3.63, 3.8) is 0 Å². The van der Waals surface area contributed by atoms with Crippen LogP contribution in [0.2, 0.25) is 10.0 Å². The third-order valence-electron chi connectivity index (χ3n) is 2.88. The average molecular weight is 313 g/mol. The average Bonchev–Trinajstić information content (AvgIpc) is 2.61. The van der Waals surface area contributed by atoms with Crippen molar-refractivity contribution in [3.05, 3.63) is 39.6 Å². The zero-order valence-electron chi connectivity index (χ0n) is 11.1. The van der Waals surface area contributed by atoms with Gasteiger partial charge in [0, 0.05) is 5.02 Å². The van der Waals surface area contributed by atoms with E-state index >= 15 is 0 Å². The lowest BCUT2D eigenvalue weighted by Crippen LogP contribution is -2.21. The van der Waals surface area contributed by atoms with Crippen molar-refractivity contribution in [1.82, 2.24) is 9.78 Å². The molecule has 0 aliphatic heterocycles. The quantitative estimate of drug-likeness (QED) is 0.856. The summed E-state index contributed by atoms with van der Waals surface area (Å²) in [5, 5.41) is 7.97. The Morgan fingerprint density at radius 1 is 1.40 bits per heavy atom. The molecule has 0 radical (unpaired) electrons. The molecule has 1 aromatic heterocycles. The number of carbonyl (C=O) groups excluding carboxylic acids is 1. The van der Waals surface area contributed by atoms with Gasteiger partial charge in [0.25, 0.3) is 0 Å². The maximum absolute atomic E-state index is 12.0. The molecule has 3 N–H and O–H groups in total. The van der Waals surface area contributed by atoms with Gasteiger partial charge >= 0.3 is 0 Å². The number of anilines is 2. The van der Waals surface area contributed by atoms with E-state index in [1.54, 1.807) is 29.8 Å². The van der Waals surface area contributed by atoms with Crippen LogP contribution in [0.3, 0.4) is 0 Å². The number of halogens is 2. The summed E-state index contributed by atoms with van der Waals surface area (Å²) >= 11 is 11.9. The Hall–Kier alpha value is -1.72. The standard InChI is InChI=1S/C13H14Cl2N4O/c1-7-13(15)8(2)19(18-7)6-12(20)17-11-5-9(14)3-4-10(11)16/h3-5H,6,16H2,1-2H3,(H,17,20). The van der Waals surface area contributed by atoms with E-state index in [9.17, 15) is 4.79 Å². The molecule has 0 aliphatic carbocycles. The molecule has 0 bridgehead atoms. The highest BCUT2D eigenvalue weighted by atomic mass is 35.5. The van der Waals surface area contributed by atoms with Crippen LogP contribution in [-0.4, -0.2) is 15.7 Å². The number of amides is 1. The van der Waals surface area contributed by atoms with E-state index in [2.05, 4.69) is 10.4 Å². The molecule has 0 unspecified atom stereocenters. The molecule has 1 amide bonds. The first-order valence-corrected chi connectivity index (χ1v) is 6.68. The molecule has 2 aromatic rings. The van der Waals surface area contributed by atoms with Crippen molar-refractivity contribution in [1.29, 1.82) is 0 Å². The van der Waals surface area contributed by atoms with Gasteiger partial charge < -0.3 is 11.1 Å². The Kier molecular flexibility index (Phi) is 4.20. The molecular formula is C13H14Cl2N4O. The fourth-order valence-corrected chi connectivity index (χ4v) is 2.10. The van der Waals surface area contributed by atoms with E-state index in [1.165, 1.54) is 0 Å². The van der Waals surface area contributed by atoms with Crippen LogP contribution < -0.4 is 11.1 Å². The van der Waals surface area contributed by atoms with Crippen molar-refractivity contribution in [2.45, 2.75) is 20.4 Å². The van der Waals surface area contributed by atoms with Crippen molar-refractivity contribution in [3.8, 4) is 0 Å². The number of nitrogens with zero attached hydrogens (tertiary/aromatic N) is 2. The van der Waals surface area contributed by atoms with Crippen molar-refractivity contribution in [2.75, 3.05) is 11.1 Å². The van der Waals surface area contributed by atoms with E-state index in [1.807, 2.05) is 6.92 Å². The largest absolute Gasteiger partial charge is 0.397 e. The number of carbonyl (C=O) groups is 1. The zero-order chi connectivity index (χ0) is 14.9. The Labute approximate surface area is 126 Å². The summed E-state index contributed by atoms with van der Waals surface area (Å²) in [6.45, 7) is 3.66. The molecule has 7 heteroatoms. The number of benzene rings is 1. The number of hydrogen-bond donors (Lipinski definition) is 2. The first-order valence-electron chi connectivity index (χ1n) is 5.93. The second-order valence-electron chi connectivity index (χ2n) is 4.42. The highest BCUT2D eigenvalue weighted by Gasteiger charge is 2.13. The maximum atomic E-state index is 12.0. The molecule has 0 aliphatic rings. The minimum atomic E-state index is -0.249. The number of nitrogens with one attached hydrogen (secondary N) is 1. The first kappa shape index (κ1) is 14.7. The Morgan fingerprint density at radius 2 is 2.10 bits per heavy atom. The number of aromatic nitrogens is 2. The van der Waals surface area contributed by atoms with Gasteiger partial charge in [-0.3, -0.25) is 9.48 Å². The summed E-state index contributed by atoms with van der Waals surface area (Å²) in [4.78, 5) is 12.0. The molecule has 1 aromatic carbocycles. The second kappa shape index (κ2) is 5.73. The van der Waals surface area contributed by atoms with Crippen LogP contribution in [0.15, 0.2) is 18.2 Å². The fraction of sp³-hybridized carbons (Fsp3) is 0.231. The van der Waals surface area contributed by atoms with Crippen LogP contribution in [0.1, 0.15) is 11.4 Å². The van der Waals surface area contributed by atoms with Gasteiger partial charge in [-0.25, -0.2) is 0 Å².